The lowest BCUT2D eigenvalue weighted by molar-refractivity contribution is 0.0889. The van der Waals surface area contributed by atoms with E-state index in [9.17, 15) is 9.59 Å². The minimum Gasteiger partial charge on any atom is -0.497 e. The van der Waals surface area contributed by atoms with Crippen molar-refractivity contribution in [2.75, 3.05) is 20.8 Å². The fourth-order valence-electron chi connectivity index (χ4n) is 1.97. The van der Waals surface area contributed by atoms with Crippen LogP contribution in [0.25, 0.3) is 10.8 Å². The minimum absolute atomic E-state index is 0.0624. The van der Waals surface area contributed by atoms with Crippen LogP contribution in [0, 0.1) is 12.3 Å². The van der Waals surface area contributed by atoms with Gasteiger partial charge in [-0.05, 0) is 29.7 Å². The SMILES string of the molecule is C#CCNC(=O)c1cc2cc(OC)ccc2c(=O)n1OC. The van der Waals surface area contributed by atoms with Gasteiger partial charge in [-0.2, -0.15) is 0 Å². The maximum Gasteiger partial charge on any atom is 0.291 e. The first kappa shape index (κ1) is 14.5. The summed E-state index contributed by atoms with van der Waals surface area (Å²) in [4.78, 5) is 29.4. The van der Waals surface area contributed by atoms with E-state index in [0.717, 1.165) is 4.73 Å². The summed E-state index contributed by atoms with van der Waals surface area (Å²) >= 11 is 0. The zero-order valence-corrected chi connectivity index (χ0v) is 11.7. The molecule has 21 heavy (non-hydrogen) atoms. The van der Waals surface area contributed by atoms with Crippen LogP contribution in [0.4, 0.5) is 0 Å². The standard InChI is InChI=1S/C15H14N2O4/c1-4-7-16-14(18)13-9-10-8-11(20-2)5-6-12(10)15(19)17(13)21-3/h1,5-6,8-9H,7H2,2-3H3,(H,16,18). The van der Waals surface area contributed by atoms with Gasteiger partial charge in [0.05, 0.1) is 19.0 Å². The highest BCUT2D eigenvalue weighted by molar-refractivity contribution is 5.96. The third-order valence-electron chi connectivity index (χ3n) is 2.95. The quantitative estimate of drug-likeness (QED) is 0.828. The van der Waals surface area contributed by atoms with Crippen molar-refractivity contribution in [3.8, 4) is 18.1 Å². The Bertz CT molecular complexity index is 787. The molecule has 0 bridgehead atoms. The molecule has 0 saturated heterocycles. The largest absolute Gasteiger partial charge is 0.497 e. The number of ether oxygens (including phenoxy) is 1. The summed E-state index contributed by atoms with van der Waals surface area (Å²) in [5.74, 6) is 2.40. The van der Waals surface area contributed by atoms with E-state index in [1.165, 1.54) is 14.2 Å². The van der Waals surface area contributed by atoms with Crippen LogP contribution in [-0.2, 0) is 0 Å². The lowest BCUT2D eigenvalue weighted by Crippen LogP contribution is -2.35. The predicted octanol–water partition coefficient (Wildman–Crippen LogP) is 0.431. The topological polar surface area (TPSA) is 69.6 Å². The lowest BCUT2D eigenvalue weighted by atomic mass is 10.1. The molecule has 6 nitrogen and oxygen atoms in total. The van der Waals surface area contributed by atoms with Crippen molar-refractivity contribution in [1.82, 2.24) is 10.0 Å². The van der Waals surface area contributed by atoms with Crippen molar-refractivity contribution in [2.45, 2.75) is 0 Å². The first-order valence-corrected chi connectivity index (χ1v) is 6.12. The van der Waals surface area contributed by atoms with Gasteiger partial charge < -0.3 is 14.9 Å². The Morgan fingerprint density at radius 3 is 2.76 bits per heavy atom. The molecule has 1 heterocycles. The summed E-state index contributed by atoms with van der Waals surface area (Å²) in [6.07, 6.45) is 5.10. The molecule has 2 rings (SSSR count). The van der Waals surface area contributed by atoms with Crippen molar-refractivity contribution in [2.24, 2.45) is 0 Å². The summed E-state index contributed by atoms with van der Waals surface area (Å²) in [6, 6.07) is 6.51. The van der Waals surface area contributed by atoms with E-state index in [4.69, 9.17) is 16.0 Å². The van der Waals surface area contributed by atoms with Crippen LogP contribution in [0.2, 0.25) is 0 Å². The molecule has 0 unspecified atom stereocenters. The number of rotatable bonds is 4. The third-order valence-corrected chi connectivity index (χ3v) is 2.95. The van der Waals surface area contributed by atoms with Crippen LogP contribution < -0.4 is 20.5 Å². The summed E-state index contributed by atoms with van der Waals surface area (Å²) in [7, 11) is 2.84. The molecule has 1 amide bonds. The fourth-order valence-corrected chi connectivity index (χ4v) is 1.97. The van der Waals surface area contributed by atoms with Crippen LogP contribution in [-0.4, -0.2) is 31.4 Å². The van der Waals surface area contributed by atoms with Crippen LogP contribution in [0.5, 0.6) is 5.75 Å². The number of methoxy groups -OCH3 is 1. The third kappa shape index (κ3) is 2.67. The zero-order valence-electron chi connectivity index (χ0n) is 11.7. The van der Waals surface area contributed by atoms with E-state index >= 15 is 0 Å². The van der Waals surface area contributed by atoms with E-state index in [1.807, 2.05) is 0 Å². The molecule has 1 aromatic carbocycles. The highest BCUT2D eigenvalue weighted by Gasteiger charge is 2.16. The van der Waals surface area contributed by atoms with Gasteiger partial charge >= 0.3 is 0 Å². The Morgan fingerprint density at radius 1 is 1.38 bits per heavy atom. The van der Waals surface area contributed by atoms with E-state index in [2.05, 4.69) is 11.2 Å². The number of nitrogens with one attached hydrogen (secondary N) is 1. The number of carbonyl (C=O) groups is 1. The molecular weight excluding hydrogens is 272 g/mol. The number of hydrogen-bond donors (Lipinski definition) is 1. The Hall–Kier alpha value is -2.94. The number of hydrogen-bond acceptors (Lipinski definition) is 4. The second-order valence-electron chi connectivity index (χ2n) is 4.15. The molecule has 0 saturated carbocycles. The highest BCUT2D eigenvalue weighted by atomic mass is 16.7. The number of benzene rings is 1. The first-order valence-electron chi connectivity index (χ1n) is 6.12. The van der Waals surface area contributed by atoms with E-state index in [0.29, 0.717) is 16.5 Å². The summed E-state index contributed by atoms with van der Waals surface area (Å²) in [5.41, 5.74) is -0.359. The molecule has 1 N–H and O–H groups in total. The van der Waals surface area contributed by atoms with Crippen LogP contribution in [0.3, 0.4) is 0 Å². The molecule has 1 aromatic heterocycles. The number of amides is 1. The molecular formula is C15H14N2O4. The van der Waals surface area contributed by atoms with Crippen molar-refractivity contribution in [3.63, 3.8) is 0 Å². The molecule has 108 valence electrons. The van der Waals surface area contributed by atoms with E-state index < -0.39 is 11.5 Å². The molecule has 0 fully saturated rings. The summed E-state index contributed by atoms with van der Waals surface area (Å²) in [5, 5.41) is 3.50. The van der Waals surface area contributed by atoms with Gasteiger partial charge in [-0.1, -0.05) is 5.92 Å². The van der Waals surface area contributed by atoms with Crippen LogP contribution in [0.1, 0.15) is 10.5 Å². The van der Waals surface area contributed by atoms with Gasteiger partial charge in [0, 0.05) is 0 Å². The molecule has 0 atom stereocenters. The highest BCUT2D eigenvalue weighted by Crippen LogP contribution is 2.19. The molecule has 0 spiro atoms. The van der Waals surface area contributed by atoms with Gasteiger partial charge in [0.2, 0.25) is 0 Å². The van der Waals surface area contributed by atoms with E-state index in [1.54, 1.807) is 24.3 Å². The Balaban J connectivity index is 2.66. The number of fused-ring (bicyclic) bond motifs is 1. The van der Waals surface area contributed by atoms with Crippen LogP contribution >= 0.6 is 0 Å². The number of nitrogens with zero attached hydrogens (tertiary/aromatic N) is 1. The van der Waals surface area contributed by atoms with Gasteiger partial charge in [0.15, 0.2) is 0 Å². The Morgan fingerprint density at radius 2 is 2.14 bits per heavy atom. The molecule has 2 aromatic rings. The van der Waals surface area contributed by atoms with E-state index in [-0.39, 0.29) is 12.2 Å². The maximum absolute atomic E-state index is 12.3. The normalized spacial score (nSPS) is 9.95. The summed E-state index contributed by atoms with van der Waals surface area (Å²) < 4.78 is 6.05. The average Bonchev–Trinajstić information content (AvgIpc) is 2.51. The molecule has 0 aliphatic rings. The van der Waals surface area contributed by atoms with Gasteiger partial charge in [-0.3, -0.25) is 9.59 Å². The van der Waals surface area contributed by atoms with Gasteiger partial charge in [-0.25, -0.2) is 0 Å². The molecule has 6 heteroatoms. The fraction of sp³-hybridized carbons (Fsp3) is 0.200. The Kier molecular flexibility index (Phi) is 4.14. The van der Waals surface area contributed by atoms with Crippen LogP contribution in [0.15, 0.2) is 29.1 Å². The monoisotopic (exact) mass is 286 g/mol. The number of aromatic nitrogens is 1. The molecule has 0 radical (unpaired) electrons. The van der Waals surface area contributed by atoms with Crippen molar-refractivity contribution >= 4 is 16.7 Å². The van der Waals surface area contributed by atoms with Gasteiger partial charge in [0.1, 0.15) is 18.6 Å². The van der Waals surface area contributed by atoms with Crippen molar-refractivity contribution in [3.05, 3.63) is 40.3 Å². The first-order chi connectivity index (χ1) is 10.1. The predicted molar refractivity (Wildman–Crippen MR) is 78.4 cm³/mol. The average molecular weight is 286 g/mol. The van der Waals surface area contributed by atoms with Crippen molar-refractivity contribution < 1.29 is 14.4 Å². The van der Waals surface area contributed by atoms with Gasteiger partial charge in [-0.15, -0.1) is 11.2 Å². The number of pyridine rings is 1. The molecule has 0 aliphatic heterocycles. The minimum atomic E-state index is -0.489. The second kappa shape index (κ2) is 6.01. The number of terminal acetylenes is 1. The maximum atomic E-state index is 12.3. The summed E-state index contributed by atoms with van der Waals surface area (Å²) in [6.45, 7) is 0.0624. The van der Waals surface area contributed by atoms with Crippen molar-refractivity contribution in [1.29, 1.82) is 0 Å². The second-order valence-corrected chi connectivity index (χ2v) is 4.15. The smallest absolute Gasteiger partial charge is 0.291 e. The Labute approximate surface area is 121 Å². The molecule has 0 aliphatic carbocycles. The van der Waals surface area contributed by atoms with Gasteiger partial charge in [0.25, 0.3) is 11.5 Å². The zero-order chi connectivity index (χ0) is 15.4. The lowest BCUT2D eigenvalue weighted by Gasteiger charge is -2.12. The number of carbonyl (C=O) groups excluding carboxylic acids is 1.